The molecule has 6 heteroatoms. The quantitative estimate of drug-likeness (QED) is 0.670. The molecule has 0 amide bonds. The molecule has 0 spiro atoms. The smallest absolute Gasteiger partial charge is 0.211 e. The van der Waals surface area contributed by atoms with Crippen molar-refractivity contribution in [2.75, 3.05) is 20.6 Å². The van der Waals surface area contributed by atoms with Crippen molar-refractivity contribution in [1.82, 2.24) is 10.2 Å². The van der Waals surface area contributed by atoms with Gasteiger partial charge < -0.3 is 10.2 Å². The summed E-state index contributed by atoms with van der Waals surface area (Å²) in [4.78, 5) is 39.4. The number of nitrogens with one attached hydrogen (secondary N) is 1. The predicted molar refractivity (Wildman–Crippen MR) is 113 cm³/mol. The second kappa shape index (κ2) is 9.16. The highest BCUT2D eigenvalue weighted by molar-refractivity contribution is 6.49. The summed E-state index contributed by atoms with van der Waals surface area (Å²) >= 11 is 6.16. The molecule has 0 aromatic heterocycles. The van der Waals surface area contributed by atoms with Gasteiger partial charge in [-0.15, -0.1) is 0 Å². The molecule has 2 aromatic carbocycles. The topological polar surface area (TPSA) is 66.5 Å². The van der Waals surface area contributed by atoms with Crippen LogP contribution in [0.2, 0.25) is 0 Å². The van der Waals surface area contributed by atoms with Crippen LogP contribution in [0.25, 0.3) is 0 Å². The van der Waals surface area contributed by atoms with Crippen molar-refractivity contribution < 1.29 is 14.4 Å². The molecule has 2 aromatic rings. The summed E-state index contributed by atoms with van der Waals surface area (Å²) in [7, 11) is 3.97. The molecule has 1 aliphatic carbocycles. The number of Topliss-reactive ketones (excluding diaryl/α,β-unsaturated/α-hetero) is 3. The maximum atomic E-state index is 12.7. The molecular weight excluding hydrogens is 388 g/mol. The summed E-state index contributed by atoms with van der Waals surface area (Å²) in [5, 5.41) is 2.90. The summed E-state index contributed by atoms with van der Waals surface area (Å²) < 4.78 is 0. The van der Waals surface area contributed by atoms with Gasteiger partial charge in [0.05, 0.1) is 0 Å². The van der Waals surface area contributed by atoms with Gasteiger partial charge in [0.25, 0.3) is 0 Å². The number of carbonyl (C=O) groups excluding carboxylic acids is 3. The summed E-state index contributed by atoms with van der Waals surface area (Å²) in [6, 6.07) is 13.9. The fourth-order valence-electron chi connectivity index (χ4n) is 3.20. The van der Waals surface area contributed by atoms with Gasteiger partial charge in [-0.1, -0.05) is 60.1 Å². The summed E-state index contributed by atoms with van der Waals surface area (Å²) in [6.07, 6.45) is 1.33. The van der Waals surface area contributed by atoms with Gasteiger partial charge in [-0.3, -0.25) is 14.4 Å². The van der Waals surface area contributed by atoms with Crippen LogP contribution in [0.15, 0.2) is 59.3 Å². The minimum Gasteiger partial charge on any atom is -0.376 e. The third-order valence-electron chi connectivity index (χ3n) is 4.82. The highest BCUT2D eigenvalue weighted by Crippen LogP contribution is 2.27. The lowest BCUT2D eigenvalue weighted by Gasteiger charge is -2.19. The first-order valence-electron chi connectivity index (χ1n) is 9.47. The Hall–Kier alpha value is -2.76. The number of fused-ring (bicyclic) bond motifs is 1. The fraction of sp³-hybridized carbons (Fsp3) is 0.261. The van der Waals surface area contributed by atoms with Gasteiger partial charge in [0.1, 0.15) is 10.7 Å². The molecule has 150 valence electrons. The van der Waals surface area contributed by atoms with E-state index in [1.165, 1.54) is 0 Å². The average Bonchev–Trinajstić information content (AvgIpc) is 2.72. The number of allylic oxidation sites excluding steroid dienone is 2. The molecule has 0 saturated carbocycles. The Morgan fingerprint density at radius 2 is 1.59 bits per heavy atom. The van der Waals surface area contributed by atoms with Crippen LogP contribution in [0.1, 0.15) is 49.5 Å². The number of rotatable bonds is 8. The third-order valence-corrected chi connectivity index (χ3v) is 5.18. The van der Waals surface area contributed by atoms with Crippen molar-refractivity contribution in [3.63, 3.8) is 0 Å². The summed E-state index contributed by atoms with van der Waals surface area (Å²) in [5.74, 6) is -0.539. The van der Waals surface area contributed by atoms with E-state index in [-0.39, 0.29) is 28.1 Å². The molecule has 3 rings (SSSR count). The highest BCUT2D eigenvalue weighted by Gasteiger charge is 2.30. The van der Waals surface area contributed by atoms with Crippen LogP contribution in [0.4, 0.5) is 0 Å². The van der Waals surface area contributed by atoms with Crippen LogP contribution in [0, 0.1) is 0 Å². The van der Waals surface area contributed by atoms with Crippen LogP contribution < -0.4 is 5.32 Å². The van der Waals surface area contributed by atoms with E-state index >= 15 is 0 Å². The first-order valence-corrected chi connectivity index (χ1v) is 9.85. The number of nitrogens with zero attached hydrogens (tertiary/aromatic N) is 1. The molecule has 1 aliphatic rings. The molecule has 0 atom stereocenters. The Bertz CT molecular complexity index is 978. The predicted octanol–water partition coefficient (Wildman–Crippen LogP) is 3.83. The lowest BCUT2D eigenvalue weighted by molar-refractivity contribution is 0.0974. The lowest BCUT2D eigenvalue weighted by atomic mass is 9.92. The molecule has 0 bridgehead atoms. The van der Waals surface area contributed by atoms with E-state index < -0.39 is 0 Å². The number of hydrogen-bond acceptors (Lipinski definition) is 5. The number of hydrogen-bond donors (Lipinski definition) is 1. The second-order valence-electron chi connectivity index (χ2n) is 7.27. The molecule has 29 heavy (non-hydrogen) atoms. The Balaban J connectivity index is 1.64. The Morgan fingerprint density at radius 1 is 0.966 bits per heavy atom. The van der Waals surface area contributed by atoms with E-state index in [1.54, 1.807) is 36.4 Å². The van der Waals surface area contributed by atoms with E-state index in [4.69, 9.17) is 11.6 Å². The third kappa shape index (κ3) is 4.81. The normalized spacial score (nSPS) is 13.7. The monoisotopic (exact) mass is 410 g/mol. The van der Waals surface area contributed by atoms with Crippen molar-refractivity contribution in [3.05, 3.63) is 81.5 Å². The zero-order valence-electron chi connectivity index (χ0n) is 16.5. The van der Waals surface area contributed by atoms with E-state index in [9.17, 15) is 14.4 Å². The van der Waals surface area contributed by atoms with Gasteiger partial charge in [0.2, 0.25) is 11.6 Å². The van der Waals surface area contributed by atoms with Crippen molar-refractivity contribution in [3.8, 4) is 0 Å². The minimum atomic E-state index is -0.358. The van der Waals surface area contributed by atoms with Gasteiger partial charge in [0.15, 0.2) is 5.78 Å². The molecule has 0 fully saturated rings. The fourth-order valence-corrected chi connectivity index (χ4v) is 3.46. The van der Waals surface area contributed by atoms with Crippen molar-refractivity contribution in [2.24, 2.45) is 0 Å². The number of ketones is 3. The van der Waals surface area contributed by atoms with Crippen LogP contribution in [0.3, 0.4) is 0 Å². The van der Waals surface area contributed by atoms with Gasteiger partial charge in [-0.2, -0.15) is 0 Å². The number of carbonyl (C=O) groups is 3. The molecule has 5 nitrogen and oxygen atoms in total. The van der Waals surface area contributed by atoms with Gasteiger partial charge in [-0.25, -0.2) is 0 Å². The van der Waals surface area contributed by atoms with Gasteiger partial charge in [0, 0.05) is 29.7 Å². The molecule has 0 unspecified atom stereocenters. The van der Waals surface area contributed by atoms with Crippen molar-refractivity contribution in [1.29, 1.82) is 0 Å². The standard InChI is InChI=1S/C23H23ClN2O3/c1-26(2)13-5-8-19(27)16-11-9-15(10-12-16)14-25-21-20(24)22(28)17-6-3-4-7-18(17)23(21)29/h3-4,6-7,9-12,25H,5,8,13-14H2,1-2H3. The Kier molecular flexibility index (Phi) is 6.62. The lowest BCUT2D eigenvalue weighted by Crippen LogP contribution is -2.28. The molecular formula is C23H23ClN2O3. The van der Waals surface area contributed by atoms with Crippen LogP contribution >= 0.6 is 11.6 Å². The zero-order chi connectivity index (χ0) is 21.0. The molecule has 0 saturated heterocycles. The number of benzene rings is 2. The maximum absolute atomic E-state index is 12.7. The van der Waals surface area contributed by atoms with Gasteiger partial charge in [-0.05, 0) is 32.6 Å². The average molecular weight is 411 g/mol. The second-order valence-corrected chi connectivity index (χ2v) is 7.65. The highest BCUT2D eigenvalue weighted by atomic mass is 35.5. The summed E-state index contributed by atoms with van der Waals surface area (Å²) in [5.41, 5.74) is 2.33. The molecule has 1 N–H and O–H groups in total. The van der Waals surface area contributed by atoms with Crippen LogP contribution in [-0.4, -0.2) is 42.9 Å². The SMILES string of the molecule is CN(C)CCCC(=O)c1ccc(CNC2=C(Cl)C(=O)c3ccccc3C2=O)cc1. The minimum absolute atomic E-state index is 0.0959. The molecule has 0 aliphatic heterocycles. The number of halogens is 1. The van der Waals surface area contributed by atoms with E-state index in [2.05, 4.69) is 10.2 Å². The van der Waals surface area contributed by atoms with Crippen LogP contribution in [-0.2, 0) is 6.54 Å². The first-order chi connectivity index (χ1) is 13.9. The van der Waals surface area contributed by atoms with E-state index in [0.717, 1.165) is 18.5 Å². The van der Waals surface area contributed by atoms with E-state index in [0.29, 0.717) is 29.7 Å². The molecule has 0 radical (unpaired) electrons. The maximum Gasteiger partial charge on any atom is 0.211 e. The first kappa shape index (κ1) is 21.0. The largest absolute Gasteiger partial charge is 0.376 e. The van der Waals surface area contributed by atoms with Crippen LogP contribution in [0.5, 0.6) is 0 Å². The van der Waals surface area contributed by atoms with Crippen molar-refractivity contribution >= 4 is 29.0 Å². The van der Waals surface area contributed by atoms with Gasteiger partial charge >= 0.3 is 0 Å². The molecule has 0 heterocycles. The van der Waals surface area contributed by atoms with Crippen molar-refractivity contribution in [2.45, 2.75) is 19.4 Å². The Morgan fingerprint density at radius 3 is 2.21 bits per heavy atom. The Labute approximate surface area is 175 Å². The zero-order valence-corrected chi connectivity index (χ0v) is 17.3. The van der Waals surface area contributed by atoms with E-state index in [1.807, 2.05) is 26.2 Å². The summed E-state index contributed by atoms with van der Waals surface area (Å²) in [6.45, 7) is 1.20.